The molecular formula is C20H10F5NO. The van der Waals surface area contributed by atoms with Crippen molar-refractivity contribution in [1.82, 2.24) is 4.98 Å². The van der Waals surface area contributed by atoms with Crippen molar-refractivity contribution in [2.24, 2.45) is 0 Å². The van der Waals surface area contributed by atoms with Crippen LogP contribution in [0.4, 0.5) is 22.0 Å². The maximum absolute atomic E-state index is 14.0. The number of rotatable bonds is 2. The quantitative estimate of drug-likeness (QED) is 0.376. The zero-order valence-electron chi connectivity index (χ0n) is 13.5. The van der Waals surface area contributed by atoms with Gasteiger partial charge in [0, 0.05) is 11.1 Å². The van der Waals surface area contributed by atoms with Crippen LogP contribution in [0.3, 0.4) is 0 Å². The molecule has 1 heterocycles. The fourth-order valence-corrected chi connectivity index (χ4v) is 2.79. The standard InChI is InChI=1S/C20H10F5NO/c21-14-8-12(7-13(10-14)20(23,24)25)19-26-17-6-5-11(9-18(17)27-19)15-3-1-2-4-16(15)22/h1-10H. The minimum absolute atomic E-state index is 0.133. The molecule has 0 aliphatic rings. The lowest BCUT2D eigenvalue weighted by molar-refractivity contribution is -0.137. The number of hydrogen-bond donors (Lipinski definition) is 0. The molecule has 7 heteroatoms. The van der Waals surface area contributed by atoms with Crippen molar-refractivity contribution in [1.29, 1.82) is 0 Å². The molecular weight excluding hydrogens is 365 g/mol. The summed E-state index contributed by atoms with van der Waals surface area (Å²) in [4.78, 5) is 4.11. The Hall–Kier alpha value is -3.22. The number of benzene rings is 3. The monoisotopic (exact) mass is 375 g/mol. The molecule has 0 amide bonds. The predicted molar refractivity (Wildman–Crippen MR) is 89.8 cm³/mol. The molecule has 0 aliphatic carbocycles. The molecule has 0 bridgehead atoms. The number of alkyl halides is 3. The van der Waals surface area contributed by atoms with Gasteiger partial charge in [0.05, 0.1) is 5.56 Å². The molecule has 4 aromatic rings. The third-order valence-corrected chi connectivity index (χ3v) is 4.05. The summed E-state index contributed by atoms with van der Waals surface area (Å²) in [5.41, 5.74) is 0.227. The topological polar surface area (TPSA) is 26.0 Å². The molecule has 0 fully saturated rings. The van der Waals surface area contributed by atoms with Crippen LogP contribution in [0.1, 0.15) is 5.56 Å². The van der Waals surface area contributed by atoms with E-state index in [0.717, 1.165) is 12.1 Å². The molecule has 0 spiro atoms. The number of hydrogen-bond acceptors (Lipinski definition) is 2. The van der Waals surface area contributed by atoms with E-state index in [-0.39, 0.29) is 17.0 Å². The van der Waals surface area contributed by atoms with E-state index in [0.29, 0.717) is 22.7 Å². The second-order valence-electron chi connectivity index (χ2n) is 5.91. The maximum Gasteiger partial charge on any atom is 0.416 e. The number of nitrogens with zero attached hydrogens (tertiary/aromatic N) is 1. The molecule has 0 unspecified atom stereocenters. The first-order valence-electron chi connectivity index (χ1n) is 7.85. The molecule has 0 saturated carbocycles. The van der Waals surface area contributed by atoms with Crippen molar-refractivity contribution in [2.45, 2.75) is 6.18 Å². The minimum Gasteiger partial charge on any atom is -0.436 e. The molecule has 0 saturated heterocycles. The summed E-state index contributed by atoms with van der Waals surface area (Å²) in [6, 6.07) is 13.0. The lowest BCUT2D eigenvalue weighted by Gasteiger charge is -2.07. The van der Waals surface area contributed by atoms with Crippen LogP contribution in [0, 0.1) is 11.6 Å². The van der Waals surface area contributed by atoms with Crippen LogP contribution in [-0.4, -0.2) is 4.98 Å². The highest BCUT2D eigenvalue weighted by Crippen LogP contribution is 2.34. The van der Waals surface area contributed by atoms with Gasteiger partial charge in [0.15, 0.2) is 5.58 Å². The second kappa shape index (κ2) is 6.19. The van der Waals surface area contributed by atoms with E-state index in [1.165, 1.54) is 12.1 Å². The van der Waals surface area contributed by atoms with E-state index in [9.17, 15) is 22.0 Å². The van der Waals surface area contributed by atoms with Crippen molar-refractivity contribution in [2.75, 3.05) is 0 Å². The Morgan fingerprint density at radius 2 is 1.59 bits per heavy atom. The van der Waals surface area contributed by atoms with Gasteiger partial charge in [0.25, 0.3) is 0 Å². The smallest absolute Gasteiger partial charge is 0.416 e. The van der Waals surface area contributed by atoms with Gasteiger partial charge in [-0.3, -0.25) is 0 Å². The fraction of sp³-hybridized carbons (Fsp3) is 0.0500. The Labute approximate surface area is 149 Å². The summed E-state index contributed by atoms with van der Waals surface area (Å²) in [7, 11) is 0. The van der Waals surface area contributed by atoms with E-state index in [1.54, 1.807) is 30.3 Å². The summed E-state index contributed by atoms with van der Waals surface area (Å²) in [5.74, 6) is -1.62. The zero-order chi connectivity index (χ0) is 19.2. The van der Waals surface area contributed by atoms with E-state index in [4.69, 9.17) is 4.42 Å². The summed E-state index contributed by atoms with van der Waals surface area (Å²) in [5, 5.41) is 0. The number of fused-ring (bicyclic) bond motifs is 1. The Morgan fingerprint density at radius 1 is 0.815 bits per heavy atom. The van der Waals surface area contributed by atoms with Crippen LogP contribution in [-0.2, 0) is 6.18 Å². The van der Waals surface area contributed by atoms with E-state index < -0.39 is 23.4 Å². The third kappa shape index (κ3) is 3.28. The number of halogens is 5. The fourth-order valence-electron chi connectivity index (χ4n) is 2.79. The first-order valence-corrected chi connectivity index (χ1v) is 7.85. The molecule has 0 radical (unpaired) electrons. The van der Waals surface area contributed by atoms with Gasteiger partial charge < -0.3 is 4.42 Å². The molecule has 3 aromatic carbocycles. The van der Waals surface area contributed by atoms with Crippen LogP contribution in [0.25, 0.3) is 33.7 Å². The van der Waals surface area contributed by atoms with E-state index >= 15 is 0 Å². The number of aromatic nitrogens is 1. The first-order chi connectivity index (χ1) is 12.8. The Kier molecular flexibility index (Phi) is 3.95. The third-order valence-electron chi connectivity index (χ3n) is 4.05. The highest BCUT2D eigenvalue weighted by atomic mass is 19.4. The summed E-state index contributed by atoms with van der Waals surface area (Å²) in [6.07, 6.45) is -4.69. The normalized spacial score (nSPS) is 11.9. The average Bonchev–Trinajstić information content (AvgIpc) is 3.04. The van der Waals surface area contributed by atoms with Gasteiger partial charge in [-0.05, 0) is 42.0 Å². The molecule has 0 atom stereocenters. The van der Waals surface area contributed by atoms with Crippen molar-refractivity contribution in [3.8, 4) is 22.6 Å². The molecule has 27 heavy (non-hydrogen) atoms. The van der Waals surface area contributed by atoms with Crippen LogP contribution < -0.4 is 0 Å². The Bertz CT molecular complexity index is 1150. The lowest BCUT2D eigenvalue weighted by Crippen LogP contribution is -2.05. The summed E-state index contributed by atoms with van der Waals surface area (Å²) in [6.45, 7) is 0. The molecule has 136 valence electrons. The minimum atomic E-state index is -4.69. The SMILES string of the molecule is Fc1cc(-c2nc3ccc(-c4ccccc4F)cc3o2)cc(C(F)(F)F)c1. The van der Waals surface area contributed by atoms with Crippen LogP contribution >= 0.6 is 0 Å². The number of oxazole rings is 1. The highest BCUT2D eigenvalue weighted by Gasteiger charge is 2.32. The highest BCUT2D eigenvalue weighted by molar-refractivity contribution is 5.82. The van der Waals surface area contributed by atoms with Gasteiger partial charge in [0.2, 0.25) is 5.89 Å². The van der Waals surface area contributed by atoms with Crippen molar-refractivity contribution in [3.63, 3.8) is 0 Å². The van der Waals surface area contributed by atoms with Crippen LogP contribution in [0.2, 0.25) is 0 Å². The first kappa shape index (κ1) is 17.2. The van der Waals surface area contributed by atoms with Crippen molar-refractivity contribution < 1.29 is 26.4 Å². The average molecular weight is 375 g/mol. The Balaban J connectivity index is 1.81. The van der Waals surface area contributed by atoms with Crippen molar-refractivity contribution in [3.05, 3.63) is 77.9 Å². The van der Waals surface area contributed by atoms with Crippen LogP contribution in [0.5, 0.6) is 0 Å². The van der Waals surface area contributed by atoms with Gasteiger partial charge in [-0.2, -0.15) is 13.2 Å². The Morgan fingerprint density at radius 3 is 2.33 bits per heavy atom. The second-order valence-corrected chi connectivity index (χ2v) is 5.91. The lowest BCUT2D eigenvalue weighted by atomic mass is 10.1. The summed E-state index contributed by atoms with van der Waals surface area (Å²) < 4.78 is 71.8. The summed E-state index contributed by atoms with van der Waals surface area (Å²) >= 11 is 0. The van der Waals surface area contributed by atoms with Crippen LogP contribution in [0.15, 0.2) is 65.1 Å². The zero-order valence-corrected chi connectivity index (χ0v) is 13.5. The molecule has 0 aliphatic heterocycles. The van der Waals surface area contributed by atoms with Gasteiger partial charge in [-0.1, -0.05) is 24.3 Å². The van der Waals surface area contributed by atoms with Crippen molar-refractivity contribution >= 4 is 11.1 Å². The van der Waals surface area contributed by atoms with Gasteiger partial charge in [-0.15, -0.1) is 0 Å². The van der Waals surface area contributed by atoms with E-state index in [2.05, 4.69) is 4.98 Å². The largest absolute Gasteiger partial charge is 0.436 e. The van der Waals surface area contributed by atoms with Gasteiger partial charge >= 0.3 is 6.18 Å². The van der Waals surface area contributed by atoms with E-state index in [1.807, 2.05) is 0 Å². The maximum atomic E-state index is 14.0. The molecule has 1 aromatic heterocycles. The van der Waals surface area contributed by atoms with Gasteiger partial charge in [0.1, 0.15) is 17.2 Å². The van der Waals surface area contributed by atoms with Gasteiger partial charge in [-0.25, -0.2) is 13.8 Å². The molecule has 4 rings (SSSR count). The molecule has 2 nitrogen and oxygen atoms in total. The predicted octanol–water partition coefficient (Wildman–Crippen LogP) is 6.46. The molecule has 0 N–H and O–H groups in total.